The van der Waals surface area contributed by atoms with Gasteiger partial charge in [-0.3, -0.25) is 0 Å². The van der Waals surface area contributed by atoms with Gasteiger partial charge < -0.3 is 20.3 Å². The fourth-order valence-electron chi connectivity index (χ4n) is 2.51. The summed E-state index contributed by atoms with van der Waals surface area (Å²) in [7, 11) is 1.86. The average Bonchev–Trinajstić information content (AvgIpc) is 3.00. The number of nitrogens with zero attached hydrogens (tertiary/aromatic N) is 3. The van der Waals surface area contributed by atoms with E-state index in [9.17, 15) is 4.79 Å². The molecule has 2 N–H and O–H groups in total. The Bertz CT molecular complexity index is 576. The van der Waals surface area contributed by atoms with Crippen LogP contribution in [0.25, 0.3) is 0 Å². The van der Waals surface area contributed by atoms with Crippen LogP contribution in [0.4, 0.5) is 10.6 Å². The van der Waals surface area contributed by atoms with E-state index < -0.39 is 5.60 Å². The highest BCUT2D eigenvalue weighted by Gasteiger charge is 2.29. The first-order chi connectivity index (χ1) is 11.3. The Hall–Kier alpha value is -1.54. The lowest BCUT2D eigenvalue weighted by atomic mass is 10.2. The second kappa shape index (κ2) is 8.02. The summed E-state index contributed by atoms with van der Waals surface area (Å²) in [6, 6.07) is 0.252. The first-order valence-corrected chi connectivity index (χ1v) is 9.34. The van der Waals surface area contributed by atoms with Crippen LogP contribution in [-0.2, 0) is 11.3 Å². The van der Waals surface area contributed by atoms with Crippen LogP contribution in [0.1, 0.15) is 32.8 Å². The number of hydrogen-bond acceptors (Lipinski definition) is 7. The predicted octanol–water partition coefficient (Wildman–Crippen LogP) is 2.34. The molecule has 8 heteroatoms. The smallest absolute Gasteiger partial charge is 0.410 e. The third kappa shape index (κ3) is 5.24. The van der Waals surface area contributed by atoms with E-state index in [0.717, 1.165) is 23.0 Å². The number of rotatable bonds is 5. The summed E-state index contributed by atoms with van der Waals surface area (Å²) in [5, 5.41) is 7.34. The number of amides is 1. The van der Waals surface area contributed by atoms with E-state index in [1.807, 2.05) is 40.3 Å². The molecule has 134 valence electrons. The van der Waals surface area contributed by atoms with Crippen molar-refractivity contribution in [3.63, 3.8) is 0 Å². The summed E-state index contributed by atoms with van der Waals surface area (Å²) in [6.45, 7) is 7.69. The molecule has 1 aromatic heterocycles. The number of anilines is 1. The zero-order valence-electron chi connectivity index (χ0n) is 15.0. The molecule has 0 spiro atoms. The van der Waals surface area contributed by atoms with Crippen LogP contribution in [0.15, 0.2) is 11.4 Å². The monoisotopic (exact) mass is 353 g/mol. The molecule has 0 aromatic carbocycles. The molecule has 1 aliphatic heterocycles. The molecule has 1 aromatic rings. The van der Waals surface area contributed by atoms with Crippen molar-refractivity contribution in [2.45, 2.75) is 50.5 Å². The van der Waals surface area contributed by atoms with Crippen molar-refractivity contribution in [3.8, 4) is 0 Å². The maximum absolute atomic E-state index is 12.1. The minimum atomic E-state index is -0.458. The molecular formula is C16H27N5O2S. The predicted molar refractivity (Wildman–Crippen MR) is 96.4 cm³/mol. The molecule has 1 unspecified atom stereocenters. The van der Waals surface area contributed by atoms with Gasteiger partial charge in [0, 0.05) is 44.5 Å². The van der Waals surface area contributed by atoms with Gasteiger partial charge in [0.1, 0.15) is 11.4 Å². The molecule has 2 rings (SSSR count). The van der Waals surface area contributed by atoms with Gasteiger partial charge in [-0.2, -0.15) is 0 Å². The second-order valence-corrected chi connectivity index (χ2v) is 7.55. The molecule has 1 amide bonds. The van der Waals surface area contributed by atoms with Crippen molar-refractivity contribution in [2.75, 3.05) is 31.7 Å². The fourth-order valence-corrected chi connectivity index (χ4v) is 2.85. The Morgan fingerprint density at radius 1 is 1.50 bits per heavy atom. The number of carbonyl (C=O) groups excluding carboxylic acids is 1. The van der Waals surface area contributed by atoms with Crippen molar-refractivity contribution in [2.24, 2.45) is 0 Å². The van der Waals surface area contributed by atoms with Gasteiger partial charge in [-0.25, -0.2) is 14.8 Å². The highest BCUT2D eigenvalue weighted by atomic mass is 32.2. The molecule has 2 heterocycles. The van der Waals surface area contributed by atoms with Crippen LogP contribution in [-0.4, -0.2) is 59.0 Å². The molecule has 7 nitrogen and oxygen atoms in total. The van der Waals surface area contributed by atoms with E-state index in [2.05, 4.69) is 20.6 Å². The molecule has 24 heavy (non-hydrogen) atoms. The van der Waals surface area contributed by atoms with Gasteiger partial charge in [-0.15, -0.1) is 0 Å². The van der Waals surface area contributed by atoms with Gasteiger partial charge in [0.05, 0.1) is 0 Å². The van der Waals surface area contributed by atoms with E-state index >= 15 is 0 Å². The maximum Gasteiger partial charge on any atom is 0.410 e. The highest BCUT2D eigenvalue weighted by Crippen LogP contribution is 2.18. The minimum Gasteiger partial charge on any atom is -0.444 e. The highest BCUT2D eigenvalue weighted by molar-refractivity contribution is 7.98. The molecule has 1 aliphatic rings. The number of carbonyl (C=O) groups is 1. The lowest BCUT2D eigenvalue weighted by molar-refractivity contribution is 0.0291. The van der Waals surface area contributed by atoms with E-state index in [1.54, 1.807) is 4.90 Å². The molecule has 0 bridgehead atoms. The topological polar surface area (TPSA) is 79.4 Å². The zero-order chi connectivity index (χ0) is 17.7. The normalized spacial score (nSPS) is 17.9. The summed E-state index contributed by atoms with van der Waals surface area (Å²) >= 11 is 1.52. The van der Waals surface area contributed by atoms with Crippen LogP contribution in [0, 0.1) is 0 Å². The van der Waals surface area contributed by atoms with E-state index in [4.69, 9.17) is 4.74 Å². The molecule has 1 saturated heterocycles. The molecular weight excluding hydrogens is 326 g/mol. The standard InChI is InChI=1S/C16H27N5O2S/c1-16(2,3)23-15(22)21-7-6-12(10-21)18-8-11-9-19-14(24-5)20-13(11)17-4/h9,12,18H,6-8,10H2,1-5H3,(H,17,19,20). The van der Waals surface area contributed by atoms with Crippen LogP contribution in [0.5, 0.6) is 0 Å². The lowest BCUT2D eigenvalue weighted by Crippen LogP contribution is -2.38. The minimum absolute atomic E-state index is 0.240. The molecule has 0 saturated carbocycles. The third-order valence-corrected chi connectivity index (χ3v) is 4.24. The molecule has 0 aliphatic carbocycles. The zero-order valence-corrected chi connectivity index (χ0v) is 15.9. The van der Waals surface area contributed by atoms with Gasteiger partial charge in [-0.05, 0) is 33.4 Å². The fraction of sp³-hybridized carbons (Fsp3) is 0.688. The van der Waals surface area contributed by atoms with Crippen molar-refractivity contribution >= 4 is 23.7 Å². The van der Waals surface area contributed by atoms with Crippen LogP contribution < -0.4 is 10.6 Å². The molecule has 0 radical (unpaired) electrons. The van der Waals surface area contributed by atoms with Crippen molar-refractivity contribution < 1.29 is 9.53 Å². The summed E-state index contributed by atoms with van der Waals surface area (Å²) in [5.41, 5.74) is 0.562. The summed E-state index contributed by atoms with van der Waals surface area (Å²) < 4.78 is 5.42. The number of ether oxygens (including phenoxy) is 1. The van der Waals surface area contributed by atoms with Crippen molar-refractivity contribution in [1.82, 2.24) is 20.2 Å². The Labute approximate surface area is 148 Å². The van der Waals surface area contributed by atoms with Crippen molar-refractivity contribution in [1.29, 1.82) is 0 Å². The number of nitrogens with one attached hydrogen (secondary N) is 2. The van der Waals surface area contributed by atoms with Gasteiger partial charge in [0.2, 0.25) is 0 Å². The largest absolute Gasteiger partial charge is 0.444 e. The van der Waals surface area contributed by atoms with Crippen LogP contribution in [0.2, 0.25) is 0 Å². The SMILES string of the molecule is CNc1nc(SC)ncc1CNC1CCN(C(=O)OC(C)(C)C)C1. The van der Waals surface area contributed by atoms with Crippen molar-refractivity contribution in [3.05, 3.63) is 11.8 Å². The van der Waals surface area contributed by atoms with Gasteiger partial charge >= 0.3 is 6.09 Å². The Balaban J connectivity index is 1.87. The van der Waals surface area contributed by atoms with Gasteiger partial charge in [-0.1, -0.05) is 11.8 Å². The Morgan fingerprint density at radius 2 is 2.25 bits per heavy atom. The molecule has 1 fully saturated rings. The number of hydrogen-bond donors (Lipinski definition) is 2. The van der Waals surface area contributed by atoms with E-state index in [-0.39, 0.29) is 12.1 Å². The quantitative estimate of drug-likeness (QED) is 0.621. The van der Waals surface area contributed by atoms with Crippen LogP contribution in [0.3, 0.4) is 0 Å². The summed E-state index contributed by atoms with van der Waals surface area (Å²) in [4.78, 5) is 22.6. The Morgan fingerprint density at radius 3 is 2.88 bits per heavy atom. The number of aromatic nitrogens is 2. The second-order valence-electron chi connectivity index (χ2n) is 6.77. The van der Waals surface area contributed by atoms with E-state index in [0.29, 0.717) is 19.6 Å². The Kier molecular flexibility index (Phi) is 6.28. The maximum atomic E-state index is 12.1. The van der Waals surface area contributed by atoms with E-state index in [1.165, 1.54) is 11.8 Å². The molecule has 1 atom stereocenters. The number of thioether (sulfide) groups is 1. The summed E-state index contributed by atoms with van der Waals surface area (Å²) in [5.74, 6) is 0.837. The average molecular weight is 353 g/mol. The first kappa shape index (κ1) is 18.8. The third-order valence-electron chi connectivity index (χ3n) is 3.68. The van der Waals surface area contributed by atoms with Gasteiger partial charge in [0.25, 0.3) is 0 Å². The summed E-state index contributed by atoms with van der Waals surface area (Å²) in [6.07, 6.45) is 4.47. The number of likely N-dealkylation sites (tertiary alicyclic amines) is 1. The van der Waals surface area contributed by atoms with Gasteiger partial charge in [0.15, 0.2) is 5.16 Å². The first-order valence-electron chi connectivity index (χ1n) is 8.11. The lowest BCUT2D eigenvalue weighted by Gasteiger charge is -2.24. The van der Waals surface area contributed by atoms with Crippen LogP contribution >= 0.6 is 11.8 Å².